The lowest BCUT2D eigenvalue weighted by atomic mass is 10.1. The zero-order valence-corrected chi connectivity index (χ0v) is 36.3. The van der Waals surface area contributed by atoms with Crippen molar-refractivity contribution >= 4 is 73.2 Å². The van der Waals surface area contributed by atoms with Crippen LogP contribution < -0.4 is 26.5 Å². The number of imidazole rings is 2. The van der Waals surface area contributed by atoms with Crippen LogP contribution in [0.5, 0.6) is 11.5 Å². The molecule has 5 N–H and O–H groups in total. The van der Waals surface area contributed by atoms with E-state index in [0.717, 1.165) is 18.5 Å². The van der Waals surface area contributed by atoms with Gasteiger partial charge in [-0.1, -0.05) is 12.1 Å². The van der Waals surface area contributed by atoms with Crippen molar-refractivity contribution in [2.75, 3.05) is 31.3 Å². The molecule has 0 unspecified atom stereocenters. The van der Waals surface area contributed by atoms with E-state index in [4.69, 9.17) is 48.5 Å². The Morgan fingerprint density at radius 2 is 1.50 bits per heavy atom. The second-order valence-corrected chi connectivity index (χ2v) is 20.8. The van der Waals surface area contributed by atoms with Crippen molar-refractivity contribution in [1.82, 2.24) is 34.1 Å². The maximum atomic E-state index is 16.9. The quantitative estimate of drug-likeness (QED) is 0.0783. The van der Waals surface area contributed by atoms with Crippen molar-refractivity contribution < 1.29 is 59.7 Å². The minimum Gasteiger partial charge on any atom is -0.494 e. The van der Waals surface area contributed by atoms with Gasteiger partial charge >= 0.3 is 12.8 Å². The molecule has 3 aliphatic heterocycles. The Balaban J connectivity index is 0.990. The number of ether oxygens (including phenoxy) is 4. The van der Waals surface area contributed by atoms with E-state index in [0.29, 0.717) is 34.9 Å². The lowest BCUT2D eigenvalue weighted by Gasteiger charge is -2.30. The molecule has 0 amide bonds. The fourth-order valence-electron chi connectivity index (χ4n) is 7.32. The molecule has 64 heavy (non-hydrogen) atoms. The summed E-state index contributed by atoms with van der Waals surface area (Å²) in [7, 11) is -3.15. The van der Waals surface area contributed by atoms with Gasteiger partial charge in [0.2, 0.25) is 5.95 Å². The van der Waals surface area contributed by atoms with Crippen LogP contribution in [0.2, 0.25) is 0 Å². The van der Waals surface area contributed by atoms with Gasteiger partial charge < -0.3 is 39.5 Å². The van der Waals surface area contributed by atoms with Crippen LogP contribution in [0.3, 0.4) is 0 Å². The van der Waals surface area contributed by atoms with Crippen LogP contribution in [-0.2, 0) is 42.5 Å². The fourth-order valence-corrected chi connectivity index (χ4v) is 11.9. The number of nitrogen functional groups attached to an aromatic ring is 2. The maximum Gasteiger partial charge on any atom is 0.389 e. The Kier molecular flexibility index (Phi) is 12.1. The number of anilines is 2. The minimum absolute atomic E-state index is 0.0541. The van der Waals surface area contributed by atoms with E-state index >= 15 is 8.78 Å². The summed E-state index contributed by atoms with van der Waals surface area (Å²) in [5, 5.41) is 0. The molecule has 3 saturated heterocycles. The number of alkyl halides is 2. The number of nitrogens with one attached hydrogen (secondary N) is 1. The number of rotatable bonds is 9. The number of halogens is 2. The van der Waals surface area contributed by atoms with Crippen LogP contribution in [0, 0.1) is 0 Å². The summed E-state index contributed by atoms with van der Waals surface area (Å²) in [6.45, 7) is -3.58. The number of benzene rings is 2. The van der Waals surface area contributed by atoms with E-state index in [1.54, 1.807) is 36.4 Å². The molecule has 10 atom stereocenters. The van der Waals surface area contributed by atoms with Crippen LogP contribution in [0.15, 0.2) is 78.2 Å². The highest BCUT2D eigenvalue weighted by Crippen LogP contribution is 2.65. The van der Waals surface area contributed by atoms with Gasteiger partial charge in [-0.25, -0.2) is 33.1 Å². The zero-order chi connectivity index (χ0) is 44.9. The van der Waals surface area contributed by atoms with Gasteiger partial charge in [-0.15, -0.1) is 0 Å². The average molecular weight is 944 g/mol. The molecule has 336 valence electrons. The number of carbonyl (C=O) groups excluding carboxylic acids is 1. The normalized spacial score (nSPS) is 29.7. The third kappa shape index (κ3) is 8.79. The summed E-state index contributed by atoms with van der Waals surface area (Å²) in [6.07, 6.45) is -9.70. The number of fused-ring (bicyclic) bond motifs is 4. The van der Waals surface area contributed by atoms with Crippen LogP contribution in [0.1, 0.15) is 35.3 Å². The Labute approximate surface area is 365 Å². The van der Waals surface area contributed by atoms with Crippen molar-refractivity contribution in [3.05, 3.63) is 94.9 Å². The molecule has 6 aromatic rings. The summed E-state index contributed by atoms with van der Waals surface area (Å²) in [6, 6.07) is 14.3. The number of nitrogens with two attached hydrogens (primary N) is 2. The third-order valence-electron chi connectivity index (χ3n) is 10.4. The van der Waals surface area contributed by atoms with Crippen LogP contribution in [0.4, 0.5) is 20.4 Å². The number of hydrogen-bond donors (Lipinski definition) is 3. The van der Waals surface area contributed by atoms with Crippen LogP contribution >= 0.6 is 25.7 Å². The SMILES string of the molecule is B[P@@]1(=O)OC[C@H]2O[C@@H](n3cnc4c(N)ccnc43)[C@H](F)[C@@H]2O[P@@](=O)(SCc2ccc(OC(=O)c3ccc(OCC)cc3)cc2)OC[C@H]2O[C@@H](n3cnc4c(=O)[nH]c(N)nc43)[C@H](F)[C@@H]2O1. The van der Waals surface area contributed by atoms with Crippen molar-refractivity contribution in [3.63, 3.8) is 0 Å². The summed E-state index contributed by atoms with van der Waals surface area (Å²) in [5.41, 5.74) is 12.4. The third-order valence-corrected chi connectivity index (χ3v) is 15.3. The first-order chi connectivity index (χ1) is 30.7. The lowest BCUT2D eigenvalue weighted by Crippen LogP contribution is -2.37. The molecule has 27 heteroatoms. The fraction of sp³-hybridized carbons (Fsp3) is 0.351. The van der Waals surface area contributed by atoms with Gasteiger partial charge in [-0.2, -0.15) is 4.98 Å². The number of carbonyl (C=O) groups is 1. The van der Waals surface area contributed by atoms with Crippen molar-refractivity contribution in [2.45, 2.75) is 61.9 Å². The topological polar surface area (TPSA) is 271 Å². The highest BCUT2D eigenvalue weighted by atomic mass is 32.7. The number of esters is 1. The van der Waals surface area contributed by atoms with Crippen LogP contribution in [0.25, 0.3) is 22.3 Å². The molecule has 3 aliphatic rings. The van der Waals surface area contributed by atoms with E-state index in [-0.39, 0.29) is 45.5 Å². The first kappa shape index (κ1) is 44.0. The van der Waals surface area contributed by atoms with E-state index in [1.807, 2.05) is 6.92 Å². The number of H-pyrrole nitrogens is 1. The predicted molar refractivity (Wildman–Crippen MR) is 228 cm³/mol. The second kappa shape index (κ2) is 17.6. The molecule has 2 aromatic carbocycles. The van der Waals surface area contributed by atoms with Crippen molar-refractivity contribution in [1.29, 1.82) is 0 Å². The predicted octanol–water partition coefficient (Wildman–Crippen LogP) is 4.42. The Morgan fingerprint density at radius 3 is 2.19 bits per heavy atom. The van der Waals surface area contributed by atoms with E-state index in [2.05, 4.69) is 24.9 Å². The summed E-state index contributed by atoms with van der Waals surface area (Å²) in [4.78, 5) is 44.3. The van der Waals surface area contributed by atoms with Gasteiger partial charge in [0.05, 0.1) is 43.7 Å². The van der Waals surface area contributed by atoms with Crippen LogP contribution in [-0.4, -0.2) is 104 Å². The Morgan fingerprint density at radius 1 is 0.875 bits per heavy atom. The molecule has 7 heterocycles. The van der Waals surface area contributed by atoms with Gasteiger partial charge in [0.15, 0.2) is 41.6 Å². The smallest absolute Gasteiger partial charge is 0.389 e. The lowest BCUT2D eigenvalue weighted by molar-refractivity contribution is -0.0546. The summed E-state index contributed by atoms with van der Waals surface area (Å²) >= 11 is 0.676. The Hall–Kier alpha value is -5.23. The highest BCUT2D eigenvalue weighted by molar-refractivity contribution is 8.54. The van der Waals surface area contributed by atoms with Gasteiger partial charge in [0.1, 0.15) is 41.4 Å². The molecule has 0 spiro atoms. The van der Waals surface area contributed by atoms with E-state index < -0.39 is 88.2 Å². The first-order valence-corrected chi connectivity index (χ1v) is 24.7. The van der Waals surface area contributed by atoms with Gasteiger partial charge in [0, 0.05) is 11.9 Å². The number of nitrogens with zero attached hydrogens (tertiary/aromatic N) is 6. The molecule has 0 aliphatic carbocycles. The molecule has 0 saturated carbocycles. The van der Waals surface area contributed by atoms with Gasteiger partial charge in [0.25, 0.3) is 20.6 Å². The van der Waals surface area contributed by atoms with Gasteiger partial charge in [-0.3, -0.25) is 32.5 Å². The highest BCUT2D eigenvalue weighted by Gasteiger charge is 2.54. The average Bonchev–Trinajstić information content (AvgIpc) is 4.04. The number of pyridine rings is 1. The van der Waals surface area contributed by atoms with Crippen molar-refractivity contribution in [3.8, 4) is 11.5 Å². The van der Waals surface area contributed by atoms with Gasteiger partial charge in [-0.05, 0) is 66.3 Å². The summed E-state index contributed by atoms with van der Waals surface area (Å²) in [5.74, 6) is -0.107. The molecule has 0 radical (unpaired) electrons. The van der Waals surface area contributed by atoms with E-state index in [9.17, 15) is 18.7 Å². The molecule has 4 aromatic heterocycles. The monoisotopic (exact) mass is 943 g/mol. The second-order valence-electron chi connectivity index (χ2n) is 14.7. The molecule has 3 fully saturated rings. The van der Waals surface area contributed by atoms with Crippen molar-refractivity contribution in [2.24, 2.45) is 0 Å². The standard InChI is InChI=1S/C37H38BF2N9O12P2S/c1-2-54-20-9-5-19(6-10-20)36(51)57-21-7-3-18(4-8-21)15-64-63(53)56-14-24-29(25(39)35(59-24)49-17-45-28-32(49)46-37(42)47-33(28)50)60-62(38,52)55-13-23-30(61-63)26(40)34(58-23)48-16-44-27-22(41)11-12-43-31(27)48/h3-12,16-17,23-26,29-30,34-35H,2,13-15,38H2,1H3,(H2,41,43)(H3,42,46,47,50)/t23-,24-,25-,26-,29-,30-,34-,35-,62-,63+/m1/s1. The molecule has 21 nitrogen and oxygen atoms in total. The largest absolute Gasteiger partial charge is 0.494 e. The molecule has 9 rings (SSSR count). The van der Waals surface area contributed by atoms with E-state index in [1.165, 1.54) is 35.3 Å². The number of aromatic amines is 1. The number of aromatic nitrogens is 7. The molecular weight excluding hydrogens is 905 g/mol. The summed E-state index contributed by atoms with van der Waals surface area (Å²) < 4.78 is 111. The molecular formula is C37H38BF2N9O12P2S. The number of hydrogen-bond acceptors (Lipinski definition) is 19. The molecule has 0 bridgehead atoms. The minimum atomic E-state index is -4.55. The zero-order valence-electron chi connectivity index (χ0n) is 33.7. The Bertz CT molecular complexity index is 2860. The first-order valence-electron chi connectivity index (χ1n) is 19.6. The maximum absolute atomic E-state index is 16.9.